The van der Waals surface area contributed by atoms with Crippen LogP contribution in [0.4, 0.5) is 0 Å². The molecule has 1 unspecified atom stereocenters. The lowest BCUT2D eigenvalue weighted by atomic mass is 10.1. The number of sulfonamides is 1. The molecule has 1 fully saturated rings. The quantitative estimate of drug-likeness (QED) is 0.630. The highest BCUT2D eigenvalue weighted by atomic mass is 35.5. The fourth-order valence-corrected chi connectivity index (χ4v) is 5.24. The van der Waals surface area contributed by atoms with Crippen LogP contribution in [-0.2, 0) is 26.2 Å². The van der Waals surface area contributed by atoms with Crippen molar-refractivity contribution in [3.8, 4) is 0 Å². The first-order valence-electron chi connectivity index (χ1n) is 9.54. The monoisotopic (exact) mass is 449 g/mol. The summed E-state index contributed by atoms with van der Waals surface area (Å²) in [5.74, 6) is -0.908. The van der Waals surface area contributed by atoms with Crippen LogP contribution in [0.5, 0.6) is 0 Å². The van der Waals surface area contributed by atoms with E-state index in [1.807, 2.05) is 30.3 Å². The molecule has 2 amide bonds. The first kappa shape index (κ1) is 22.3. The van der Waals surface area contributed by atoms with Crippen molar-refractivity contribution >= 4 is 33.4 Å². The molecule has 9 heteroatoms. The van der Waals surface area contributed by atoms with E-state index < -0.39 is 16.1 Å². The molecule has 7 nitrogen and oxygen atoms in total. The third kappa shape index (κ3) is 4.83. The van der Waals surface area contributed by atoms with E-state index in [9.17, 15) is 18.0 Å². The van der Waals surface area contributed by atoms with Crippen LogP contribution in [0.2, 0.25) is 0 Å². The SMILES string of the molecule is CN(Cc1ccccc1)C(=O)C1CN(C(=O)CCl)CCN1S(=O)(=O)c1ccccc1. The number of benzene rings is 2. The smallest absolute Gasteiger partial charge is 0.243 e. The van der Waals surface area contributed by atoms with Gasteiger partial charge in [-0.1, -0.05) is 48.5 Å². The average Bonchev–Trinajstić information content (AvgIpc) is 2.78. The molecule has 160 valence electrons. The van der Waals surface area contributed by atoms with E-state index in [1.165, 1.54) is 26.2 Å². The Morgan fingerprint density at radius 1 is 1.03 bits per heavy atom. The fraction of sp³-hybridized carbons (Fsp3) is 0.333. The molecule has 0 aliphatic carbocycles. The van der Waals surface area contributed by atoms with E-state index >= 15 is 0 Å². The Morgan fingerprint density at radius 2 is 1.63 bits per heavy atom. The second kappa shape index (κ2) is 9.59. The van der Waals surface area contributed by atoms with Crippen LogP contribution in [0.3, 0.4) is 0 Å². The van der Waals surface area contributed by atoms with Crippen LogP contribution in [0, 0.1) is 0 Å². The van der Waals surface area contributed by atoms with Gasteiger partial charge in [0, 0.05) is 33.2 Å². The highest BCUT2D eigenvalue weighted by molar-refractivity contribution is 7.89. The molecule has 1 atom stereocenters. The second-order valence-electron chi connectivity index (χ2n) is 7.10. The van der Waals surface area contributed by atoms with Crippen LogP contribution in [0.15, 0.2) is 65.6 Å². The number of piperazine rings is 1. The highest BCUT2D eigenvalue weighted by Crippen LogP contribution is 2.23. The zero-order valence-corrected chi connectivity index (χ0v) is 18.2. The van der Waals surface area contributed by atoms with Crippen LogP contribution < -0.4 is 0 Å². The van der Waals surface area contributed by atoms with Gasteiger partial charge in [0.05, 0.1) is 4.90 Å². The van der Waals surface area contributed by atoms with Gasteiger partial charge in [-0.05, 0) is 17.7 Å². The van der Waals surface area contributed by atoms with Crippen LogP contribution >= 0.6 is 11.6 Å². The van der Waals surface area contributed by atoms with Gasteiger partial charge in [-0.15, -0.1) is 11.6 Å². The first-order valence-corrected chi connectivity index (χ1v) is 11.5. The van der Waals surface area contributed by atoms with E-state index in [4.69, 9.17) is 11.6 Å². The number of hydrogen-bond donors (Lipinski definition) is 0. The summed E-state index contributed by atoms with van der Waals surface area (Å²) < 4.78 is 27.7. The Balaban J connectivity index is 1.89. The Bertz CT molecular complexity index is 986. The molecule has 1 aliphatic heterocycles. The molecule has 0 bridgehead atoms. The Kier molecular flexibility index (Phi) is 7.12. The van der Waals surface area contributed by atoms with Gasteiger partial charge < -0.3 is 9.80 Å². The molecule has 30 heavy (non-hydrogen) atoms. The molecule has 0 saturated carbocycles. The number of amides is 2. The van der Waals surface area contributed by atoms with E-state index in [0.29, 0.717) is 6.54 Å². The molecule has 1 saturated heterocycles. The number of carbonyl (C=O) groups excluding carboxylic acids is 2. The molecular weight excluding hydrogens is 426 g/mol. The lowest BCUT2D eigenvalue weighted by Crippen LogP contribution is -2.61. The first-order chi connectivity index (χ1) is 14.3. The van der Waals surface area contributed by atoms with Crippen LogP contribution in [0.1, 0.15) is 5.56 Å². The van der Waals surface area contributed by atoms with Gasteiger partial charge in [0.25, 0.3) is 0 Å². The van der Waals surface area contributed by atoms with Gasteiger partial charge >= 0.3 is 0 Å². The maximum absolute atomic E-state index is 13.3. The maximum Gasteiger partial charge on any atom is 0.243 e. The molecule has 0 N–H and O–H groups in total. The van der Waals surface area contributed by atoms with Crippen LogP contribution in [-0.4, -0.2) is 72.9 Å². The average molecular weight is 450 g/mol. The summed E-state index contributed by atoms with van der Waals surface area (Å²) in [5, 5.41) is 0. The number of rotatable bonds is 6. The van der Waals surface area contributed by atoms with E-state index in [-0.39, 0.29) is 42.2 Å². The van der Waals surface area contributed by atoms with Gasteiger partial charge in [0.1, 0.15) is 11.9 Å². The minimum Gasteiger partial charge on any atom is -0.340 e. The summed E-state index contributed by atoms with van der Waals surface area (Å²) in [7, 11) is -2.27. The Hall–Kier alpha value is -2.42. The topological polar surface area (TPSA) is 78.0 Å². The Morgan fingerprint density at radius 3 is 2.23 bits per heavy atom. The third-order valence-corrected chi connectivity index (χ3v) is 7.22. The van der Waals surface area contributed by atoms with Crippen molar-refractivity contribution < 1.29 is 18.0 Å². The summed E-state index contributed by atoms with van der Waals surface area (Å²) in [5.41, 5.74) is 0.926. The predicted octanol–water partition coefficient (Wildman–Crippen LogP) is 1.79. The van der Waals surface area contributed by atoms with Crippen molar-refractivity contribution in [2.45, 2.75) is 17.5 Å². The molecule has 0 spiro atoms. The minimum atomic E-state index is -3.90. The summed E-state index contributed by atoms with van der Waals surface area (Å²) >= 11 is 5.69. The molecule has 1 heterocycles. The standard InChI is InChI=1S/C21H24ClN3O4S/c1-23(15-17-8-4-2-5-9-17)21(27)19-16-24(20(26)14-22)12-13-25(19)30(28,29)18-10-6-3-7-11-18/h2-11,19H,12-16H2,1H3. The van der Waals surface area contributed by atoms with Crippen molar-refractivity contribution in [2.24, 2.45) is 0 Å². The Labute approximate surface area is 181 Å². The van der Waals surface area contributed by atoms with Crippen molar-refractivity contribution in [1.29, 1.82) is 0 Å². The lowest BCUT2D eigenvalue weighted by molar-refractivity contribution is -0.139. The molecule has 0 radical (unpaired) electrons. The zero-order chi connectivity index (χ0) is 21.7. The van der Waals surface area contributed by atoms with Gasteiger partial charge in [-0.25, -0.2) is 8.42 Å². The van der Waals surface area contributed by atoms with Crippen molar-refractivity contribution in [3.63, 3.8) is 0 Å². The number of hydrogen-bond acceptors (Lipinski definition) is 4. The lowest BCUT2D eigenvalue weighted by Gasteiger charge is -2.40. The molecular formula is C21H24ClN3O4S. The fourth-order valence-electron chi connectivity index (χ4n) is 3.48. The largest absolute Gasteiger partial charge is 0.340 e. The molecule has 1 aliphatic rings. The maximum atomic E-state index is 13.3. The molecule has 2 aromatic rings. The van der Waals surface area contributed by atoms with E-state index in [2.05, 4.69) is 0 Å². The van der Waals surface area contributed by atoms with E-state index in [1.54, 1.807) is 25.2 Å². The van der Waals surface area contributed by atoms with Gasteiger partial charge in [-0.3, -0.25) is 9.59 Å². The number of halogens is 1. The molecule has 2 aromatic carbocycles. The highest BCUT2D eigenvalue weighted by Gasteiger charge is 2.42. The van der Waals surface area contributed by atoms with Crippen molar-refractivity contribution in [2.75, 3.05) is 32.6 Å². The summed E-state index contributed by atoms with van der Waals surface area (Å²) in [4.78, 5) is 28.5. The number of alkyl halides is 1. The van der Waals surface area contributed by atoms with Gasteiger partial charge in [0.2, 0.25) is 21.8 Å². The molecule has 0 aromatic heterocycles. The summed E-state index contributed by atoms with van der Waals surface area (Å²) in [6.45, 7) is 0.508. The van der Waals surface area contributed by atoms with Crippen molar-refractivity contribution in [3.05, 3.63) is 66.2 Å². The van der Waals surface area contributed by atoms with Gasteiger partial charge in [-0.2, -0.15) is 4.31 Å². The normalized spacial score (nSPS) is 17.5. The minimum absolute atomic E-state index is 0.0233. The van der Waals surface area contributed by atoms with E-state index in [0.717, 1.165) is 5.56 Å². The number of carbonyl (C=O) groups is 2. The van der Waals surface area contributed by atoms with Gasteiger partial charge in [0.15, 0.2) is 0 Å². The predicted molar refractivity (Wildman–Crippen MR) is 114 cm³/mol. The second-order valence-corrected chi connectivity index (χ2v) is 9.26. The number of nitrogens with zero attached hydrogens (tertiary/aromatic N) is 3. The molecule has 3 rings (SSSR count). The summed E-state index contributed by atoms with van der Waals surface area (Å²) in [6, 6.07) is 16.4. The summed E-state index contributed by atoms with van der Waals surface area (Å²) in [6.07, 6.45) is 0. The van der Waals surface area contributed by atoms with Crippen molar-refractivity contribution in [1.82, 2.24) is 14.1 Å². The zero-order valence-electron chi connectivity index (χ0n) is 16.6. The third-order valence-electron chi connectivity index (χ3n) is 5.07. The number of likely N-dealkylation sites (N-methyl/N-ethyl adjacent to an activating group) is 1. The van der Waals surface area contributed by atoms with Crippen LogP contribution in [0.25, 0.3) is 0 Å².